The third-order valence-corrected chi connectivity index (χ3v) is 11.7. The van der Waals surface area contributed by atoms with Crippen molar-refractivity contribution in [2.75, 3.05) is 49.9 Å². The van der Waals surface area contributed by atoms with Gasteiger partial charge in [-0.1, -0.05) is 41.4 Å². The van der Waals surface area contributed by atoms with Crippen molar-refractivity contribution < 1.29 is 37.7 Å². The van der Waals surface area contributed by atoms with E-state index < -0.39 is 23.3 Å². The lowest BCUT2D eigenvalue weighted by atomic mass is 9.96. The Bertz CT molecular complexity index is 1970. The number of esters is 1. The minimum atomic E-state index is -0.611. The number of amides is 2. The van der Waals surface area contributed by atoms with Crippen molar-refractivity contribution in [2.24, 2.45) is 0 Å². The minimum absolute atomic E-state index is 0.0627. The highest BCUT2D eigenvalue weighted by Crippen LogP contribution is 2.44. The summed E-state index contributed by atoms with van der Waals surface area (Å²) < 4.78 is 38.7. The van der Waals surface area contributed by atoms with E-state index in [2.05, 4.69) is 9.80 Å². The molecular weight excluding hydrogens is 738 g/mol. The Balaban J connectivity index is 1.03. The first-order chi connectivity index (χ1) is 25.8. The highest BCUT2D eigenvalue weighted by molar-refractivity contribution is 6.40. The van der Waals surface area contributed by atoms with Gasteiger partial charge in [-0.3, -0.25) is 4.79 Å². The summed E-state index contributed by atoms with van der Waals surface area (Å²) in [7, 11) is 1.29. The maximum atomic E-state index is 16.0. The normalized spacial score (nSPS) is 23.2. The van der Waals surface area contributed by atoms with E-state index in [-0.39, 0.29) is 70.3 Å². The fraction of sp³-hybridized carbons (Fsp3) is 0.475. The van der Waals surface area contributed by atoms with Crippen LogP contribution in [0.2, 0.25) is 10.0 Å². The number of anilines is 2. The molecule has 2 amide bonds. The summed E-state index contributed by atoms with van der Waals surface area (Å²) in [5, 5.41) is 0.432. The largest absolute Gasteiger partial charge is 0.472 e. The number of ether oxygens (including phenoxy) is 4. The van der Waals surface area contributed by atoms with Crippen LogP contribution in [0.5, 0.6) is 5.75 Å². The number of carbonyl (C=O) groups excluding carboxylic acids is 3. The van der Waals surface area contributed by atoms with Crippen LogP contribution in [0.4, 0.5) is 20.6 Å². The highest BCUT2D eigenvalue weighted by atomic mass is 35.5. The first-order valence-corrected chi connectivity index (χ1v) is 19.1. The molecule has 3 aromatic carbocycles. The first-order valence-electron chi connectivity index (χ1n) is 18.4. The molecule has 5 aliphatic rings. The molecule has 0 aliphatic carbocycles. The van der Waals surface area contributed by atoms with Gasteiger partial charge in [-0.15, -0.1) is 0 Å². The van der Waals surface area contributed by atoms with Crippen LogP contribution >= 0.6 is 23.2 Å². The van der Waals surface area contributed by atoms with Gasteiger partial charge in [0.25, 0.3) is 5.91 Å². The fourth-order valence-electron chi connectivity index (χ4n) is 8.76. The number of hydrogen-bond donors (Lipinski definition) is 0. The first kappa shape index (κ1) is 36.7. The lowest BCUT2D eigenvalue weighted by molar-refractivity contribution is 0.0209. The lowest BCUT2D eigenvalue weighted by Crippen LogP contribution is -2.56. The number of methoxy groups -OCH3 is 1. The van der Waals surface area contributed by atoms with Gasteiger partial charge in [0, 0.05) is 47.6 Å². The smallest absolute Gasteiger partial charge is 0.410 e. The van der Waals surface area contributed by atoms with Crippen molar-refractivity contribution >= 4 is 52.5 Å². The van der Waals surface area contributed by atoms with Crippen LogP contribution in [0.1, 0.15) is 72.7 Å². The second-order valence-corrected chi connectivity index (χ2v) is 16.5. The molecule has 0 spiro atoms. The molecule has 0 aromatic heterocycles. The molecule has 11 nitrogen and oxygen atoms in total. The van der Waals surface area contributed by atoms with Crippen molar-refractivity contribution in [3.05, 3.63) is 75.0 Å². The number of piperazine rings is 1. The topological polar surface area (TPSA) is 101 Å². The van der Waals surface area contributed by atoms with Crippen LogP contribution in [-0.2, 0) is 20.8 Å². The molecule has 286 valence electrons. The molecule has 4 bridgehead atoms. The molecule has 8 rings (SSSR count). The number of rotatable bonds is 5. The van der Waals surface area contributed by atoms with Gasteiger partial charge in [0.05, 0.1) is 65.8 Å². The second kappa shape index (κ2) is 14.1. The molecule has 0 saturated carbocycles. The van der Waals surface area contributed by atoms with Crippen molar-refractivity contribution in [3.8, 4) is 16.9 Å². The zero-order chi connectivity index (χ0) is 38.1. The van der Waals surface area contributed by atoms with Gasteiger partial charge < -0.3 is 38.5 Å². The Labute approximate surface area is 323 Å². The lowest BCUT2D eigenvalue weighted by Gasteiger charge is -2.42. The van der Waals surface area contributed by atoms with Crippen molar-refractivity contribution in [2.45, 2.75) is 82.8 Å². The number of morpholine rings is 1. The van der Waals surface area contributed by atoms with Crippen molar-refractivity contribution in [3.63, 3.8) is 0 Å². The second-order valence-electron chi connectivity index (χ2n) is 15.7. The molecule has 4 saturated heterocycles. The maximum Gasteiger partial charge on any atom is 0.410 e. The Morgan fingerprint density at radius 1 is 0.852 bits per heavy atom. The number of nitrogens with zero attached hydrogens (tertiary/aromatic N) is 4. The Kier molecular flexibility index (Phi) is 9.59. The van der Waals surface area contributed by atoms with E-state index in [9.17, 15) is 14.4 Å². The van der Waals surface area contributed by atoms with E-state index in [0.717, 1.165) is 31.4 Å². The predicted octanol–water partition coefficient (Wildman–Crippen LogP) is 7.53. The van der Waals surface area contributed by atoms with Gasteiger partial charge in [0.1, 0.15) is 17.2 Å². The van der Waals surface area contributed by atoms with Crippen LogP contribution in [-0.4, -0.2) is 97.7 Å². The van der Waals surface area contributed by atoms with Crippen molar-refractivity contribution in [1.29, 1.82) is 0 Å². The Morgan fingerprint density at radius 2 is 1.50 bits per heavy atom. The summed E-state index contributed by atoms with van der Waals surface area (Å²) in [5.74, 6) is -1.14. The van der Waals surface area contributed by atoms with E-state index in [1.54, 1.807) is 35.2 Å². The van der Waals surface area contributed by atoms with E-state index in [1.807, 2.05) is 26.8 Å². The average Bonchev–Trinajstić information content (AvgIpc) is 3.54. The SMILES string of the molecule is COC(=O)c1cc(F)c(-c2cccc3c2OCN(C(=O)c2c(Cl)cc(N4C5CCC4CN(C(=O)OC(C)(C)C)C5)cc2Cl)C3)cc1N1C2CCC1COC2. The van der Waals surface area contributed by atoms with Gasteiger partial charge >= 0.3 is 12.1 Å². The van der Waals surface area contributed by atoms with Crippen LogP contribution in [0.15, 0.2) is 42.5 Å². The number of halogens is 3. The van der Waals surface area contributed by atoms with Crippen LogP contribution < -0.4 is 14.5 Å². The number of para-hydroxylation sites is 1. The van der Waals surface area contributed by atoms with Gasteiger partial charge in [0.2, 0.25) is 0 Å². The van der Waals surface area contributed by atoms with Gasteiger partial charge in [-0.25, -0.2) is 14.0 Å². The quantitative estimate of drug-likeness (QED) is 0.243. The molecule has 0 radical (unpaired) electrons. The molecule has 5 aliphatic heterocycles. The number of benzene rings is 3. The molecule has 5 heterocycles. The molecule has 4 atom stereocenters. The van der Waals surface area contributed by atoms with E-state index in [1.165, 1.54) is 18.1 Å². The van der Waals surface area contributed by atoms with Gasteiger partial charge in [0.15, 0.2) is 6.73 Å². The third kappa shape index (κ3) is 6.60. The van der Waals surface area contributed by atoms with Crippen molar-refractivity contribution in [1.82, 2.24) is 9.80 Å². The Morgan fingerprint density at radius 3 is 2.13 bits per heavy atom. The number of hydrogen-bond acceptors (Lipinski definition) is 9. The van der Waals surface area contributed by atoms with Crippen LogP contribution in [0.25, 0.3) is 11.1 Å². The number of likely N-dealkylation sites (tertiary alicyclic amines) is 1. The summed E-state index contributed by atoms with van der Waals surface area (Å²) in [6, 6.07) is 12.2. The standard InChI is InChI=1S/C40H43Cl2FN4O7/c1-40(2,3)54-39(50)44-17-23-8-9-24(18-44)46(23)27-12-31(41)35(32(42)13-27)37(48)45-16-22-6-5-7-28(36(22)53-21-45)29-15-34(30(14-33(29)43)38(49)51-4)47-25-10-11-26(47)20-52-19-25/h5-7,12-15,23-26H,8-11,16-21H2,1-4H3. The summed E-state index contributed by atoms with van der Waals surface area (Å²) in [6.45, 7) is 7.72. The van der Waals surface area contributed by atoms with Gasteiger partial charge in [-0.05, 0) is 70.7 Å². The number of fused-ring (bicyclic) bond motifs is 5. The monoisotopic (exact) mass is 780 g/mol. The van der Waals surface area contributed by atoms with E-state index >= 15 is 4.39 Å². The fourth-order valence-corrected chi connectivity index (χ4v) is 9.40. The highest BCUT2D eigenvalue weighted by Gasteiger charge is 2.44. The summed E-state index contributed by atoms with van der Waals surface area (Å²) in [4.78, 5) is 47.4. The summed E-state index contributed by atoms with van der Waals surface area (Å²) >= 11 is 13.7. The predicted molar refractivity (Wildman–Crippen MR) is 202 cm³/mol. The van der Waals surface area contributed by atoms with Crippen LogP contribution in [0, 0.1) is 5.82 Å². The molecule has 0 N–H and O–H groups in total. The zero-order valence-corrected chi connectivity index (χ0v) is 32.2. The molecule has 3 aromatic rings. The van der Waals surface area contributed by atoms with E-state index in [0.29, 0.717) is 48.9 Å². The maximum absolute atomic E-state index is 16.0. The van der Waals surface area contributed by atoms with Crippen LogP contribution in [0.3, 0.4) is 0 Å². The molecule has 4 fully saturated rings. The molecular formula is C40H43Cl2FN4O7. The number of carbonyl (C=O) groups is 3. The van der Waals surface area contributed by atoms with E-state index in [4.69, 9.17) is 42.1 Å². The average molecular weight is 782 g/mol. The summed E-state index contributed by atoms with van der Waals surface area (Å²) in [5.41, 5.74) is 2.62. The molecule has 14 heteroatoms. The third-order valence-electron chi connectivity index (χ3n) is 11.1. The zero-order valence-electron chi connectivity index (χ0n) is 30.7. The molecule has 4 unspecified atom stereocenters. The Hall–Kier alpha value is -4.26. The summed E-state index contributed by atoms with van der Waals surface area (Å²) in [6.07, 6.45) is 3.31. The van der Waals surface area contributed by atoms with Gasteiger partial charge in [-0.2, -0.15) is 0 Å². The minimum Gasteiger partial charge on any atom is -0.472 e. The molecule has 54 heavy (non-hydrogen) atoms.